The molecular weight excluding hydrogens is 456 g/mol. The van der Waals surface area contributed by atoms with Crippen LogP contribution in [0.1, 0.15) is 40.6 Å². The summed E-state index contributed by atoms with van der Waals surface area (Å²) in [7, 11) is 0. The van der Waals surface area contributed by atoms with Crippen molar-refractivity contribution in [2.24, 2.45) is 0 Å². The van der Waals surface area contributed by atoms with E-state index in [2.05, 4.69) is 4.98 Å². The van der Waals surface area contributed by atoms with E-state index in [4.69, 9.17) is 17.3 Å². The third-order valence-corrected chi connectivity index (χ3v) is 6.85. The highest BCUT2D eigenvalue weighted by Gasteiger charge is 2.41. The summed E-state index contributed by atoms with van der Waals surface area (Å²) in [4.78, 5) is 17.8. The minimum Gasteiger partial charge on any atom is -0.396 e. The van der Waals surface area contributed by atoms with Crippen molar-refractivity contribution in [1.82, 2.24) is 9.55 Å². The number of nitrogen functional groups attached to an aromatic ring is 1. The molecule has 5 rings (SSSR count). The SMILES string of the molecule is Cc1cnc(-c2cccc(N)c2F)cc1-n1c(C)cc([C@H]2C[C@@H]2c2ccc(F)cc2)c(Cl)c1=O. The number of aromatic nitrogens is 2. The first-order valence-electron chi connectivity index (χ1n) is 10.9. The molecule has 0 unspecified atom stereocenters. The Morgan fingerprint density at radius 1 is 1.06 bits per heavy atom. The van der Waals surface area contributed by atoms with Gasteiger partial charge in [0.1, 0.15) is 10.8 Å². The lowest BCUT2D eigenvalue weighted by Crippen LogP contribution is -2.23. The molecule has 0 bridgehead atoms. The number of anilines is 1. The maximum Gasteiger partial charge on any atom is 0.274 e. The Balaban J connectivity index is 1.56. The molecule has 2 heterocycles. The van der Waals surface area contributed by atoms with Gasteiger partial charge in [-0.3, -0.25) is 14.3 Å². The smallest absolute Gasteiger partial charge is 0.274 e. The Kier molecular flexibility index (Phi) is 5.48. The quantitative estimate of drug-likeness (QED) is 0.351. The van der Waals surface area contributed by atoms with Crippen molar-refractivity contribution >= 4 is 17.3 Å². The molecular formula is C27H22ClF2N3O. The number of nitrogens with zero attached hydrogens (tertiary/aromatic N) is 2. The van der Waals surface area contributed by atoms with Gasteiger partial charge in [-0.1, -0.05) is 29.8 Å². The van der Waals surface area contributed by atoms with E-state index in [1.807, 2.05) is 19.9 Å². The Hall–Kier alpha value is -3.51. The normalized spacial score (nSPS) is 17.1. The molecule has 34 heavy (non-hydrogen) atoms. The highest BCUT2D eigenvalue weighted by atomic mass is 35.5. The minimum atomic E-state index is -0.553. The van der Waals surface area contributed by atoms with Crippen molar-refractivity contribution in [2.75, 3.05) is 5.73 Å². The number of hydrogen-bond acceptors (Lipinski definition) is 3. The van der Waals surface area contributed by atoms with E-state index in [0.717, 1.165) is 23.1 Å². The molecule has 1 aliphatic carbocycles. The number of pyridine rings is 2. The fourth-order valence-corrected chi connectivity index (χ4v) is 4.85. The number of halogens is 3. The fourth-order valence-electron chi connectivity index (χ4n) is 4.57. The molecule has 172 valence electrons. The predicted molar refractivity (Wildman–Crippen MR) is 131 cm³/mol. The van der Waals surface area contributed by atoms with Crippen LogP contribution in [0.5, 0.6) is 0 Å². The molecule has 0 amide bonds. The molecule has 0 aliphatic heterocycles. The number of hydrogen-bond donors (Lipinski definition) is 1. The maximum atomic E-state index is 14.6. The molecule has 7 heteroatoms. The van der Waals surface area contributed by atoms with Crippen molar-refractivity contribution in [1.29, 1.82) is 0 Å². The van der Waals surface area contributed by atoms with E-state index in [0.29, 0.717) is 17.1 Å². The van der Waals surface area contributed by atoms with Crippen LogP contribution in [0.15, 0.2) is 65.6 Å². The van der Waals surface area contributed by atoms with Gasteiger partial charge in [-0.2, -0.15) is 0 Å². The molecule has 4 nitrogen and oxygen atoms in total. The number of aryl methyl sites for hydroxylation is 2. The lowest BCUT2D eigenvalue weighted by atomic mass is 10.0. The van der Waals surface area contributed by atoms with Crippen LogP contribution in [-0.2, 0) is 0 Å². The van der Waals surface area contributed by atoms with Gasteiger partial charge >= 0.3 is 0 Å². The van der Waals surface area contributed by atoms with Crippen molar-refractivity contribution in [3.05, 3.63) is 110 Å². The summed E-state index contributed by atoms with van der Waals surface area (Å²) in [6, 6.07) is 14.8. The molecule has 4 aromatic rings. The highest BCUT2D eigenvalue weighted by molar-refractivity contribution is 6.31. The average Bonchev–Trinajstić information content (AvgIpc) is 3.61. The molecule has 2 atom stereocenters. The first-order chi connectivity index (χ1) is 16.3. The topological polar surface area (TPSA) is 60.9 Å². The van der Waals surface area contributed by atoms with Crippen molar-refractivity contribution in [2.45, 2.75) is 32.1 Å². The molecule has 1 aliphatic rings. The summed E-state index contributed by atoms with van der Waals surface area (Å²) in [6.07, 6.45) is 2.45. The average molecular weight is 478 g/mol. The first-order valence-corrected chi connectivity index (χ1v) is 11.3. The second kappa shape index (κ2) is 8.37. The minimum absolute atomic E-state index is 0.0299. The van der Waals surface area contributed by atoms with Crippen LogP contribution in [0.3, 0.4) is 0 Å². The summed E-state index contributed by atoms with van der Waals surface area (Å²) in [5, 5.41) is 0.160. The third kappa shape index (κ3) is 3.78. The molecule has 1 saturated carbocycles. The van der Waals surface area contributed by atoms with Crippen LogP contribution in [0, 0.1) is 25.5 Å². The molecule has 0 radical (unpaired) electrons. The van der Waals surface area contributed by atoms with Crippen molar-refractivity contribution in [3.63, 3.8) is 0 Å². The summed E-state index contributed by atoms with van der Waals surface area (Å²) in [6.45, 7) is 3.68. The molecule has 2 N–H and O–H groups in total. The van der Waals surface area contributed by atoms with Gasteiger partial charge in [0.25, 0.3) is 5.56 Å². The monoisotopic (exact) mass is 477 g/mol. The van der Waals surface area contributed by atoms with Gasteiger partial charge in [-0.25, -0.2) is 8.78 Å². The van der Waals surface area contributed by atoms with Gasteiger partial charge in [-0.05, 0) is 85.2 Å². The van der Waals surface area contributed by atoms with Crippen LogP contribution in [0.4, 0.5) is 14.5 Å². The summed E-state index contributed by atoms with van der Waals surface area (Å²) >= 11 is 6.60. The van der Waals surface area contributed by atoms with Crippen LogP contribution >= 0.6 is 11.6 Å². The van der Waals surface area contributed by atoms with E-state index in [1.165, 1.54) is 22.8 Å². The maximum absolute atomic E-state index is 14.6. The first kappa shape index (κ1) is 22.3. The highest BCUT2D eigenvalue weighted by Crippen LogP contribution is 2.55. The fraction of sp³-hybridized carbons (Fsp3) is 0.185. The van der Waals surface area contributed by atoms with Gasteiger partial charge < -0.3 is 5.73 Å². The summed E-state index contributed by atoms with van der Waals surface area (Å²) in [5.74, 6) is -0.520. The lowest BCUT2D eigenvalue weighted by molar-refractivity contribution is 0.627. The van der Waals surface area contributed by atoms with E-state index in [9.17, 15) is 13.6 Å². The largest absolute Gasteiger partial charge is 0.396 e. The molecule has 1 fully saturated rings. The molecule has 2 aromatic heterocycles. The number of rotatable bonds is 4. The zero-order chi connectivity index (χ0) is 24.1. The summed E-state index contributed by atoms with van der Waals surface area (Å²) in [5.41, 5.74) is 9.91. The predicted octanol–water partition coefficient (Wildman–Crippen LogP) is 6.30. The molecule has 0 spiro atoms. The third-order valence-electron chi connectivity index (χ3n) is 6.47. The van der Waals surface area contributed by atoms with Crippen LogP contribution in [-0.4, -0.2) is 9.55 Å². The standard InChI is InChI=1S/C27H22ClF2N3O/c1-14-13-32-23(18-4-3-5-22(31)26(18)30)12-24(14)33-15(2)10-21(25(28)27(33)34)20-11-19(20)16-6-8-17(29)9-7-16/h3-10,12-13,19-20H,11,31H2,1-2H3/t19-,20+/m1/s1. The van der Waals surface area contributed by atoms with Crippen LogP contribution in [0.2, 0.25) is 5.02 Å². The summed E-state index contributed by atoms with van der Waals surface area (Å²) < 4.78 is 29.4. The van der Waals surface area contributed by atoms with Gasteiger partial charge in [0.2, 0.25) is 0 Å². The van der Waals surface area contributed by atoms with Crippen molar-refractivity contribution < 1.29 is 8.78 Å². The Morgan fingerprint density at radius 2 is 1.79 bits per heavy atom. The number of nitrogens with two attached hydrogens (primary N) is 1. The second-order valence-corrected chi connectivity index (χ2v) is 9.14. The van der Waals surface area contributed by atoms with Gasteiger partial charge in [-0.15, -0.1) is 0 Å². The van der Waals surface area contributed by atoms with Crippen LogP contribution < -0.4 is 11.3 Å². The zero-order valence-corrected chi connectivity index (χ0v) is 19.4. The Morgan fingerprint density at radius 3 is 2.53 bits per heavy atom. The van der Waals surface area contributed by atoms with Gasteiger partial charge in [0.15, 0.2) is 5.82 Å². The van der Waals surface area contributed by atoms with E-state index in [1.54, 1.807) is 36.5 Å². The van der Waals surface area contributed by atoms with Crippen LogP contribution in [0.25, 0.3) is 16.9 Å². The zero-order valence-electron chi connectivity index (χ0n) is 18.6. The van der Waals surface area contributed by atoms with E-state index < -0.39 is 5.82 Å². The van der Waals surface area contributed by atoms with Gasteiger partial charge in [0.05, 0.1) is 17.1 Å². The van der Waals surface area contributed by atoms with Crippen molar-refractivity contribution in [3.8, 4) is 16.9 Å². The molecule has 2 aromatic carbocycles. The second-order valence-electron chi connectivity index (χ2n) is 8.76. The Bertz CT molecular complexity index is 1480. The number of benzene rings is 2. The molecule has 0 saturated heterocycles. The Labute approximate surface area is 200 Å². The van der Waals surface area contributed by atoms with E-state index >= 15 is 0 Å². The lowest BCUT2D eigenvalue weighted by Gasteiger charge is -2.17. The van der Waals surface area contributed by atoms with Gasteiger partial charge in [0, 0.05) is 17.5 Å². The van der Waals surface area contributed by atoms with E-state index in [-0.39, 0.29) is 39.5 Å².